The van der Waals surface area contributed by atoms with Gasteiger partial charge in [0.1, 0.15) is 18.5 Å². The zero-order chi connectivity index (χ0) is 18.4. The highest BCUT2D eigenvalue weighted by molar-refractivity contribution is 5.97. The van der Waals surface area contributed by atoms with Gasteiger partial charge >= 0.3 is 5.97 Å². The van der Waals surface area contributed by atoms with E-state index in [1.165, 1.54) is 0 Å². The first-order valence-electron chi connectivity index (χ1n) is 9.47. The van der Waals surface area contributed by atoms with E-state index in [4.69, 9.17) is 9.47 Å². The predicted molar refractivity (Wildman–Crippen MR) is 98.9 cm³/mol. The maximum Gasteiger partial charge on any atom is 0.310 e. The van der Waals surface area contributed by atoms with Crippen LogP contribution in [0.3, 0.4) is 0 Å². The number of benzene rings is 2. The third-order valence-electron chi connectivity index (χ3n) is 6.16. The average molecular weight is 363 g/mol. The second kappa shape index (κ2) is 6.41. The summed E-state index contributed by atoms with van der Waals surface area (Å²) in [5, 5.41) is 2.97. The fourth-order valence-electron chi connectivity index (χ4n) is 4.96. The predicted octanol–water partition coefficient (Wildman–Crippen LogP) is 3.40. The molecule has 5 heteroatoms. The van der Waals surface area contributed by atoms with Gasteiger partial charge in [-0.3, -0.25) is 9.59 Å². The molecule has 3 aliphatic rings. The lowest BCUT2D eigenvalue weighted by atomic mass is 9.79. The lowest BCUT2D eigenvalue weighted by Gasteiger charge is -2.23. The molecule has 5 nitrogen and oxygen atoms in total. The minimum Gasteiger partial charge on any atom is -0.489 e. The summed E-state index contributed by atoms with van der Waals surface area (Å²) in [6.07, 6.45) is 1.82. The van der Waals surface area contributed by atoms with Crippen LogP contribution in [0, 0.1) is 23.7 Å². The summed E-state index contributed by atoms with van der Waals surface area (Å²) in [7, 11) is 0. The summed E-state index contributed by atoms with van der Waals surface area (Å²) in [4.78, 5) is 24.9. The molecule has 5 rings (SSSR count). The van der Waals surface area contributed by atoms with E-state index < -0.39 is 0 Å². The molecule has 27 heavy (non-hydrogen) atoms. The number of hydrogen-bond donors (Lipinski definition) is 1. The Balaban J connectivity index is 1.21. The van der Waals surface area contributed by atoms with E-state index in [1.54, 1.807) is 0 Å². The van der Waals surface area contributed by atoms with E-state index in [2.05, 4.69) is 5.32 Å². The Morgan fingerprint density at radius 1 is 1.07 bits per heavy atom. The Hall–Kier alpha value is -2.82. The Morgan fingerprint density at radius 3 is 2.63 bits per heavy atom. The summed E-state index contributed by atoms with van der Waals surface area (Å²) >= 11 is 0. The maximum atomic E-state index is 12.8. The monoisotopic (exact) mass is 363 g/mol. The van der Waals surface area contributed by atoms with Crippen LogP contribution in [0.5, 0.6) is 5.75 Å². The minimum atomic E-state index is -0.254. The molecule has 2 aliphatic carbocycles. The zero-order valence-corrected chi connectivity index (χ0v) is 14.8. The second-order valence-electron chi connectivity index (χ2n) is 7.71. The van der Waals surface area contributed by atoms with Crippen molar-refractivity contribution in [3.63, 3.8) is 0 Å². The number of carbonyl (C=O) groups excluding carboxylic acids is 2. The SMILES string of the molecule is O=C1O[C@H]2C[C@@H]3C[C@H]2[C@@H]1[C@H]3C(=O)Nc1ccc(OCc2ccccc2)cc1. The third-order valence-corrected chi connectivity index (χ3v) is 6.16. The van der Waals surface area contributed by atoms with Gasteiger partial charge in [0.25, 0.3) is 0 Å². The number of hydrogen-bond acceptors (Lipinski definition) is 4. The molecule has 2 saturated carbocycles. The van der Waals surface area contributed by atoms with Crippen molar-refractivity contribution in [2.45, 2.75) is 25.6 Å². The van der Waals surface area contributed by atoms with Gasteiger partial charge in [-0.15, -0.1) is 0 Å². The molecule has 2 aromatic rings. The quantitative estimate of drug-likeness (QED) is 0.827. The van der Waals surface area contributed by atoms with Crippen molar-refractivity contribution in [1.29, 1.82) is 0 Å². The molecule has 2 aromatic carbocycles. The fourth-order valence-corrected chi connectivity index (χ4v) is 4.96. The molecule has 0 unspecified atom stereocenters. The number of carbonyl (C=O) groups is 2. The third kappa shape index (κ3) is 2.87. The van der Waals surface area contributed by atoms with Crippen molar-refractivity contribution < 1.29 is 19.1 Å². The first kappa shape index (κ1) is 16.4. The Bertz CT molecular complexity index is 862. The van der Waals surface area contributed by atoms with Gasteiger partial charge in [0, 0.05) is 11.6 Å². The minimum absolute atomic E-state index is 0.0533. The standard InChI is InChI=1S/C22H21NO4/c24-21(19-14-10-17-18(11-14)27-22(25)20(17)19)23-15-6-8-16(9-7-15)26-12-13-4-2-1-3-5-13/h1-9,14,17-20H,10-12H2,(H,23,24)/t14-,17+,18-,19-,20+/m0/s1. The average Bonchev–Trinajstić information content (AvgIpc) is 3.31. The number of amides is 1. The molecule has 0 radical (unpaired) electrons. The molecule has 3 fully saturated rings. The lowest BCUT2D eigenvalue weighted by Crippen LogP contribution is -2.35. The highest BCUT2D eigenvalue weighted by Gasteiger charge is 2.63. The molecule has 1 aliphatic heterocycles. The summed E-state index contributed by atoms with van der Waals surface area (Å²) in [6, 6.07) is 17.3. The van der Waals surface area contributed by atoms with Crippen LogP contribution in [-0.2, 0) is 20.9 Å². The Morgan fingerprint density at radius 2 is 1.85 bits per heavy atom. The van der Waals surface area contributed by atoms with Crippen molar-refractivity contribution in [2.24, 2.45) is 23.7 Å². The fraction of sp³-hybridized carbons (Fsp3) is 0.364. The summed E-state index contributed by atoms with van der Waals surface area (Å²) in [5.41, 5.74) is 1.82. The van der Waals surface area contributed by atoms with Gasteiger partial charge < -0.3 is 14.8 Å². The van der Waals surface area contributed by atoms with E-state index in [0.29, 0.717) is 6.61 Å². The van der Waals surface area contributed by atoms with Crippen LogP contribution >= 0.6 is 0 Å². The van der Waals surface area contributed by atoms with Gasteiger partial charge in [0.2, 0.25) is 5.91 Å². The molecule has 1 heterocycles. The molecule has 0 spiro atoms. The molecule has 1 N–H and O–H groups in total. The van der Waals surface area contributed by atoms with E-state index in [1.807, 2.05) is 54.6 Å². The maximum absolute atomic E-state index is 12.8. The molecule has 0 aromatic heterocycles. The van der Waals surface area contributed by atoms with Crippen LogP contribution in [0.25, 0.3) is 0 Å². The van der Waals surface area contributed by atoms with Crippen molar-refractivity contribution in [2.75, 3.05) is 5.32 Å². The van der Waals surface area contributed by atoms with Gasteiger partial charge in [-0.2, -0.15) is 0 Å². The Kier molecular flexibility index (Phi) is 3.88. The number of nitrogens with one attached hydrogen (secondary N) is 1. The highest BCUT2D eigenvalue weighted by atomic mass is 16.6. The van der Waals surface area contributed by atoms with Gasteiger partial charge in [-0.25, -0.2) is 0 Å². The zero-order valence-electron chi connectivity index (χ0n) is 14.8. The van der Waals surface area contributed by atoms with Crippen LogP contribution in [0.15, 0.2) is 54.6 Å². The molecule has 138 valence electrons. The number of anilines is 1. The van der Waals surface area contributed by atoms with Crippen molar-refractivity contribution in [3.05, 3.63) is 60.2 Å². The number of rotatable bonds is 5. The summed E-state index contributed by atoms with van der Waals surface area (Å²) < 4.78 is 11.2. The van der Waals surface area contributed by atoms with Crippen LogP contribution in [0.2, 0.25) is 0 Å². The van der Waals surface area contributed by atoms with Gasteiger partial charge in [0.15, 0.2) is 0 Å². The van der Waals surface area contributed by atoms with Gasteiger partial charge in [-0.05, 0) is 48.6 Å². The number of esters is 1. The first-order valence-corrected chi connectivity index (χ1v) is 9.47. The van der Waals surface area contributed by atoms with Crippen LogP contribution in [0.1, 0.15) is 18.4 Å². The van der Waals surface area contributed by atoms with Crippen LogP contribution < -0.4 is 10.1 Å². The van der Waals surface area contributed by atoms with Crippen LogP contribution in [-0.4, -0.2) is 18.0 Å². The van der Waals surface area contributed by atoms with Crippen molar-refractivity contribution in [3.8, 4) is 5.75 Å². The molecule has 2 bridgehead atoms. The normalized spacial score (nSPS) is 30.2. The smallest absolute Gasteiger partial charge is 0.310 e. The van der Waals surface area contributed by atoms with E-state index in [0.717, 1.165) is 29.8 Å². The molecular weight excluding hydrogens is 342 g/mol. The summed E-state index contributed by atoms with van der Waals surface area (Å²) in [5.74, 6) is 0.506. The van der Waals surface area contributed by atoms with Gasteiger partial charge in [-0.1, -0.05) is 30.3 Å². The largest absolute Gasteiger partial charge is 0.489 e. The Labute approximate surface area is 157 Å². The molecule has 1 saturated heterocycles. The lowest BCUT2D eigenvalue weighted by molar-refractivity contribution is -0.145. The van der Waals surface area contributed by atoms with Crippen molar-refractivity contribution in [1.82, 2.24) is 0 Å². The topological polar surface area (TPSA) is 64.6 Å². The van der Waals surface area contributed by atoms with Gasteiger partial charge in [0.05, 0.1) is 11.8 Å². The van der Waals surface area contributed by atoms with E-state index in [9.17, 15) is 9.59 Å². The van der Waals surface area contributed by atoms with Crippen LogP contribution in [0.4, 0.5) is 5.69 Å². The molecular formula is C22H21NO4. The summed E-state index contributed by atoms with van der Waals surface area (Å²) in [6.45, 7) is 0.503. The highest BCUT2D eigenvalue weighted by Crippen LogP contribution is 2.57. The van der Waals surface area contributed by atoms with E-state index >= 15 is 0 Å². The molecule has 1 amide bonds. The van der Waals surface area contributed by atoms with E-state index in [-0.39, 0.29) is 41.7 Å². The van der Waals surface area contributed by atoms with Crippen molar-refractivity contribution >= 4 is 17.6 Å². The number of fused-ring (bicyclic) bond motifs is 1. The second-order valence-corrected chi connectivity index (χ2v) is 7.71. The first-order chi connectivity index (χ1) is 13.2. The number of ether oxygens (including phenoxy) is 2. The molecule has 5 atom stereocenters.